The van der Waals surface area contributed by atoms with E-state index in [1.54, 1.807) is 6.07 Å². The number of nitrogens with two attached hydrogens (primary N) is 1. The first-order valence-electron chi connectivity index (χ1n) is 5.48. The lowest BCUT2D eigenvalue weighted by molar-refractivity contribution is 0.481. The molecule has 0 radical (unpaired) electrons. The molecule has 0 amide bonds. The molecule has 0 saturated carbocycles. The van der Waals surface area contributed by atoms with Crippen molar-refractivity contribution in [3.05, 3.63) is 53.5 Å². The lowest BCUT2D eigenvalue weighted by Crippen LogP contribution is -2.08. The summed E-state index contributed by atoms with van der Waals surface area (Å²) < 4.78 is 32.1. The predicted molar refractivity (Wildman–Crippen MR) is 67.5 cm³/mol. The van der Waals surface area contributed by atoms with Gasteiger partial charge in [-0.1, -0.05) is 0 Å². The van der Waals surface area contributed by atoms with Crippen LogP contribution < -0.4 is 5.73 Å². The number of halogens is 2. The van der Waals surface area contributed by atoms with Crippen molar-refractivity contribution in [2.24, 2.45) is 5.73 Å². The number of rotatable bonds is 4. The Bertz CT molecular complexity index is 542. The van der Waals surface area contributed by atoms with E-state index in [-0.39, 0.29) is 16.7 Å². The maximum atomic E-state index is 13.5. The Balaban J connectivity index is 2.22. The van der Waals surface area contributed by atoms with Crippen LogP contribution in [0.2, 0.25) is 0 Å². The molecule has 0 aliphatic carbocycles. The topological polar surface area (TPSA) is 39.2 Å². The van der Waals surface area contributed by atoms with Gasteiger partial charge in [0.1, 0.15) is 23.2 Å². The second-order valence-corrected chi connectivity index (χ2v) is 5.11. The van der Waals surface area contributed by atoms with Crippen LogP contribution >= 0.6 is 11.8 Å². The molecule has 0 spiro atoms. The molecule has 0 saturated heterocycles. The summed E-state index contributed by atoms with van der Waals surface area (Å²) in [6.45, 7) is 2.11. The molecule has 1 atom stereocenters. The van der Waals surface area contributed by atoms with Crippen molar-refractivity contribution in [3.8, 4) is 0 Å². The van der Waals surface area contributed by atoms with Crippen LogP contribution in [0.15, 0.2) is 39.6 Å². The van der Waals surface area contributed by atoms with Gasteiger partial charge >= 0.3 is 0 Å². The Morgan fingerprint density at radius 3 is 2.67 bits per heavy atom. The molecule has 1 unspecified atom stereocenters. The Morgan fingerprint density at radius 2 is 2.06 bits per heavy atom. The van der Waals surface area contributed by atoms with E-state index < -0.39 is 11.6 Å². The first kappa shape index (κ1) is 13.1. The van der Waals surface area contributed by atoms with Crippen molar-refractivity contribution in [1.82, 2.24) is 0 Å². The zero-order valence-corrected chi connectivity index (χ0v) is 10.6. The summed E-state index contributed by atoms with van der Waals surface area (Å²) in [4.78, 5) is 0.236. The van der Waals surface area contributed by atoms with Gasteiger partial charge in [0.15, 0.2) is 0 Å². The highest BCUT2D eigenvalue weighted by atomic mass is 32.2. The molecule has 0 bridgehead atoms. The molecule has 2 nitrogen and oxygen atoms in total. The molecule has 0 aliphatic rings. The van der Waals surface area contributed by atoms with Gasteiger partial charge in [0, 0.05) is 11.4 Å². The molecule has 0 aliphatic heterocycles. The van der Waals surface area contributed by atoms with E-state index in [0.29, 0.717) is 5.76 Å². The smallest absolute Gasteiger partial charge is 0.136 e. The molecule has 1 aromatic carbocycles. The molecule has 18 heavy (non-hydrogen) atoms. The zero-order chi connectivity index (χ0) is 13.1. The van der Waals surface area contributed by atoms with Crippen LogP contribution in [0.4, 0.5) is 8.78 Å². The third-order valence-corrected chi connectivity index (χ3v) is 3.73. The second-order valence-electron chi connectivity index (χ2n) is 3.87. The van der Waals surface area contributed by atoms with E-state index >= 15 is 0 Å². The quantitative estimate of drug-likeness (QED) is 0.861. The van der Waals surface area contributed by atoms with Crippen LogP contribution in [0.1, 0.15) is 16.8 Å². The summed E-state index contributed by atoms with van der Waals surface area (Å²) >= 11 is 1.16. The summed E-state index contributed by atoms with van der Waals surface area (Å²) in [5.41, 5.74) is 5.65. The fourth-order valence-corrected chi connectivity index (χ4v) is 2.58. The molecule has 2 aromatic rings. The van der Waals surface area contributed by atoms with E-state index in [0.717, 1.165) is 29.7 Å². The highest BCUT2D eigenvalue weighted by Crippen LogP contribution is 2.36. The largest absolute Gasteiger partial charge is 0.465 e. The summed E-state index contributed by atoms with van der Waals surface area (Å²) in [5, 5.41) is -0.227. The Hall–Kier alpha value is -1.33. The van der Waals surface area contributed by atoms with Gasteiger partial charge in [-0.25, -0.2) is 8.78 Å². The average Bonchev–Trinajstić information content (AvgIpc) is 2.77. The van der Waals surface area contributed by atoms with Crippen LogP contribution in [0, 0.1) is 18.6 Å². The molecular formula is C13H13F2NOS. The number of hydrogen-bond donors (Lipinski definition) is 1. The number of benzene rings is 1. The van der Waals surface area contributed by atoms with Gasteiger partial charge in [-0.3, -0.25) is 0 Å². The van der Waals surface area contributed by atoms with E-state index in [4.69, 9.17) is 10.2 Å². The van der Waals surface area contributed by atoms with E-state index in [9.17, 15) is 8.78 Å². The van der Waals surface area contributed by atoms with Crippen molar-refractivity contribution in [2.45, 2.75) is 17.1 Å². The van der Waals surface area contributed by atoms with Crippen LogP contribution in [-0.2, 0) is 0 Å². The van der Waals surface area contributed by atoms with Crippen molar-refractivity contribution < 1.29 is 13.2 Å². The molecular weight excluding hydrogens is 256 g/mol. The Labute approximate surface area is 108 Å². The zero-order valence-electron chi connectivity index (χ0n) is 9.82. The third-order valence-electron chi connectivity index (χ3n) is 2.46. The maximum Gasteiger partial charge on any atom is 0.136 e. The fourth-order valence-electron chi connectivity index (χ4n) is 1.57. The fraction of sp³-hybridized carbons (Fsp3) is 0.231. The van der Waals surface area contributed by atoms with Crippen LogP contribution in [0.5, 0.6) is 0 Å². The number of aryl methyl sites for hydroxylation is 1. The van der Waals surface area contributed by atoms with E-state index in [2.05, 4.69) is 0 Å². The minimum Gasteiger partial charge on any atom is -0.465 e. The lowest BCUT2D eigenvalue weighted by atomic mass is 10.3. The van der Waals surface area contributed by atoms with Crippen molar-refractivity contribution >= 4 is 11.8 Å². The summed E-state index contributed by atoms with van der Waals surface area (Å²) in [5.74, 6) is 0.515. The van der Waals surface area contributed by atoms with Gasteiger partial charge in [-0.05, 0) is 37.3 Å². The number of hydrogen-bond acceptors (Lipinski definition) is 3. The van der Waals surface area contributed by atoms with Gasteiger partial charge in [0.25, 0.3) is 0 Å². The third kappa shape index (κ3) is 2.91. The highest BCUT2D eigenvalue weighted by Gasteiger charge is 2.17. The van der Waals surface area contributed by atoms with E-state index in [1.807, 2.05) is 13.0 Å². The number of thioether (sulfide) groups is 1. The van der Waals surface area contributed by atoms with Gasteiger partial charge in [0.05, 0.1) is 5.25 Å². The monoisotopic (exact) mass is 269 g/mol. The lowest BCUT2D eigenvalue weighted by Gasteiger charge is -2.12. The SMILES string of the molecule is Cc1ccc(C(CN)Sc2cc(F)ccc2F)o1. The van der Waals surface area contributed by atoms with Crippen molar-refractivity contribution in [2.75, 3.05) is 6.54 Å². The average molecular weight is 269 g/mol. The van der Waals surface area contributed by atoms with Crippen molar-refractivity contribution in [1.29, 1.82) is 0 Å². The first-order chi connectivity index (χ1) is 8.60. The van der Waals surface area contributed by atoms with Gasteiger partial charge < -0.3 is 10.2 Å². The molecule has 1 aromatic heterocycles. The van der Waals surface area contributed by atoms with Gasteiger partial charge in [-0.2, -0.15) is 0 Å². The summed E-state index contributed by atoms with van der Waals surface area (Å²) in [6.07, 6.45) is 0. The molecule has 96 valence electrons. The molecule has 2 N–H and O–H groups in total. The minimum absolute atomic E-state index is 0.227. The molecule has 0 fully saturated rings. The Morgan fingerprint density at radius 1 is 1.28 bits per heavy atom. The number of furan rings is 1. The predicted octanol–water partition coefficient (Wildman–Crippen LogP) is 3.66. The molecule has 2 rings (SSSR count). The molecule has 1 heterocycles. The first-order valence-corrected chi connectivity index (χ1v) is 6.36. The Kier molecular flexibility index (Phi) is 4.04. The normalized spacial score (nSPS) is 12.7. The van der Waals surface area contributed by atoms with Crippen LogP contribution in [0.25, 0.3) is 0 Å². The van der Waals surface area contributed by atoms with Crippen LogP contribution in [-0.4, -0.2) is 6.54 Å². The maximum absolute atomic E-state index is 13.5. The van der Waals surface area contributed by atoms with E-state index in [1.165, 1.54) is 6.07 Å². The standard InChI is InChI=1S/C13H13F2NOS/c1-8-2-5-11(17-8)13(7-16)18-12-6-9(14)3-4-10(12)15/h2-6,13H,7,16H2,1H3. The summed E-state index contributed by atoms with van der Waals surface area (Å²) in [7, 11) is 0. The minimum atomic E-state index is -0.467. The van der Waals surface area contributed by atoms with Gasteiger partial charge in [-0.15, -0.1) is 11.8 Å². The van der Waals surface area contributed by atoms with Crippen molar-refractivity contribution in [3.63, 3.8) is 0 Å². The van der Waals surface area contributed by atoms with Gasteiger partial charge in [0.2, 0.25) is 0 Å². The molecule has 5 heteroatoms. The second kappa shape index (κ2) is 5.54. The van der Waals surface area contributed by atoms with Crippen LogP contribution in [0.3, 0.4) is 0 Å². The summed E-state index contributed by atoms with van der Waals surface area (Å²) in [6, 6.07) is 6.99. The highest BCUT2D eigenvalue weighted by molar-refractivity contribution is 7.99.